The third kappa shape index (κ3) is 3.85. The van der Waals surface area contributed by atoms with Crippen molar-refractivity contribution in [3.63, 3.8) is 0 Å². The maximum atomic E-state index is 10.3. The van der Waals surface area contributed by atoms with E-state index in [1.807, 2.05) is 0 Å². The van der Waals surface area contributed by atoms with Gasteiger partial charge in [0.2, 0.25) is 0 Å². The van der Waals surface area contributed by atoms with Crippen molar-refractivity contribution in [2.75, 3.05) is 39.8 Å². The second kappa shape index (κ2) is 5.32. The van der Waals surface area contributed by atoms with E-state index in [0.29, 0.717) is 0 Å². The Hall–Kier alpha value is -0.450. The van der Waals surface area contributed by atoms with E-state index >= 15 is 0 Å². The van der Waals surface area contributed by atoms with Crippen LogP contribution in [0.2, 0.25) is 0 Å². The van der Waals surface area contributed by atoms with Crippen molar-refractivity contribution in [2.45, 2.75) is 12.5 Å². The fourth-order valence-electron chi connectivity index (χ4n) is 1.47. The molecule has 0 aromatic carbocycles. The van der Waals surface area contributed by atoms with Gasteiger partial charge in [0.25, 0.3) is 0 Å². The molecule has 1 unspecified atom stereocenters. The number of piperazine rings is 1. The number of carbonyl (C=O) groups excluding carboxylic acids is 1. The Morgan fingerprint density at radius 1 is 1.38 bits per heavy atom. The summed E-state index contributed by atoms with van der Waals surface area (Å²) in [5.74, 6) is 0. The molecule has 2 N–H and O–H groups in total. The van der Waals surface area contributed by atoms with Gasteiger partial charge >= 0.3 is 0 Å². The van der Waals surface area contributed by atoms with E-state index in [2.05, 4.69) is 16.8 Å². The first-order valence-corrected chi connectivity index (χ1v) is 4.84. The maximum absolute atomic E-state index is 10.3. The summed E-state index contributed by atoms with van der Waals surface area (Å²) in [6.07, 6.45) is 1.61. The van der Waals surface area contributed by atoms with Crippen LogP contribution in [0.5, 0.6) is 0 Å². The number of nitrogens with zero attached hydrogens (tertiary/aromatic N) is 2. The lowest BCUT2D eigenvalue weighted by atomic mass is 10.2. The molecule has 0 amide bonds. The fraction of sp³-hybridized carbons (Fsp3) is 0.889. The van der Waals surface area contributed by atoms with Crippen LogP contribution >= 0.6 is 0 Å². The number of hydrogen-bond acceptors (Lipinski definition) is 4. The first kappa shape index (κ1) is 10.6. The van der Waals surface area contributed by atoms with Gasteiger partial charge in [0.05, 0.1) is 6.04 Å². The molecule has 1 atom stereocenters. The Kier molecular flexibility index (Phi) is 4.35. The van der Waals surface area contributed by atoms with E-state index in [1.54, 1.807) is 0 Å². The highest BCUT2D eigenvalue weighted by atomic mass is 16.1. The number of hydrogen-bond donors (Lipinski definition) is 1. The second-order valence-corrected chi connectivity index (χ2v) is 3.73. The number of likely N-dealkylation sites (N-methyl/N-ethyl adjacent to an activating group) is 1. The zero-order valence-electron chi connectivity index (χ0n) is 8.28. The quantitative estimate of drug-likeness (QED) is 0.580. The van der Waals surface area contributed by atoms with Gasteiger partial charge in [-0.25, -0.2) is 0 Å². The van der Waals surface area contributed by atoms with Crippen molar-refractivity contribution in [1.29, 1.82) is 0 Å². The molecule has 0 saturated carbocycles. The summed E-state index contributed by atoms with van der Waals surface area (Å²) in [6, 6.07) is -0.278. The summed E-state index contributed by atoms with van der Waals surface area (Å²) in [5.41, 5.74) is 5.51. The molecule has 76 valence electrons. The van der Waals surface area contributed by atoms with E-state index in [-0.39, 0.29) is 6.04 Å². The zero-order valence-corrected chi connectivity index (χ0v) is 8.28. The SMILES string of the molecule is CN1CCN(CCC(N)C=O)CC1. The van der Waals surface area contributed by atoms with E-state index in [0.717, 1.165) is 45.4 Å². The van der Waals surface area contributed by atoms with Crippen molar-refractivity contribution < 1.29 is 4.79 Å². The van der Waals surface area contributed by atoms with Crippen molar-refractivity contribution in [3.05, 3.63) is 0 Å². The summed E-state index contributed by atoms with van der Waals surface area (Å²) in [4.78, 5) is 15.0. The highest BCUT2D eigenvalue weighted by Gasteiger charge is 2.13. The van der Waals surface area contributed by atoms with Crippen molar-refractivity contribution in [1.82, 2.24) is 9.80 Å². The number of nitrogens with two attached hydrogens (primary N) is 1. The molecule has 13 heavy (non-hydrogen) atoms. The highest BCUT2D eigenvalue weighted by Crippen LogP contribution is 2.00. The second-order valence-electron chi connectivity index (χ2n) is 3.73. The van der Waals surface area contributed by atoms with E-state index in [1.165, 1.54) is 0 Å². The molecule has 0 aromatic rings. The van der Waals surface area contributed by atoms with E-state index in [4.69, 9.17) is 5.73 Å². The molecule has 0 spiro atoms. The Morgan fingerprint density at radius 2 is 2.00 bits per heavy atom. The van der Waals surface area contributed by atoms with Crippen LogP contribution in [0.25, 0.3) is 0 Å². The third-order valence-electron chi connectivity index (χ3n) is 2.55. The molecule has 0 radical (unpaired) electrons. The van der Waals surface area contributed by atoms with Gasteiger partial charge in [0.1, 0.15) is 6.29 Å². The van der Waals surface area contributed by atoms with Crippen LogP contribution in [0, 0.1) is 0 Å². The molecule has 1 aliphatic rings. The highest BCUT2D eigenvalue weighted by molar-refractivity contribution is 5.56. The van der Waals surface area contributed by atoms with Crippen LogP contribution in [-0.2, 0) is 4.79 Å². The largest absolute Gasteiger partial charge is 0.322 e. The van der Waals surface area contributed by atoms with Crippen molar-refractivity contribution in [3.8, 4) is 0 Å². The maximum Gasteiger partial charge on any atom is 0.136 e. The average Bonchev–Trinajstić information content (AvgIpc) is 2.16. The lowest BCUT2D eigenvalue weighted by molar-refractivity contribution is -0.109. The monoisotopic (exact) mass is 185 g/mol. The summed E-state index contributed by atoms with van der Waals surface area (Å²) in [6.45, 7) is 5.39. The smallest absolute Gasteiger partial charge is 0.136 e. The molecule has 0 aromatic heterocycles. The molecule has 1 saturated heterocycles. The standard InChI is InChI=1S/C9H19N3O/c1-11-4-6-12(7-5-11)3-2-9(10)8-13/h8-9H,2-7,10H2,1H3. The predicted molar refractivity (Wildman–Crippen MR) is 52.6 cm³/mol. The summed E-state index contributed by atoms with van der Waals surface area (Å²) < 4.78 is 0. The summed E-state index contributed by atoms with van der Waals surface area (Å²) in [5, 5.41) is 0. The lowest BCUT2D eigenvalue weighted by Gasteiger charge is -2.32. The van der Waals surface area contributed by atoms with Gasteiger partial charge in [0.15, 0.2) is 0 Å². The number of rotatable bonds is 4. The van der Waals surface area contributed by atoms with Gasteiger partial charge in [-0.2, -0.15) is 0 Å². The topological polar surface area (TPSA) is 49.6 Å². The first-order chi connectivity index (χ1) is 6.22. The van der Waals surface area contributed by atoms with E-state index in [9.17, 15) is 4.79 Å². The Labute approximate surface area is 79.7 Å². The van der Waals surface area contributed by atoms with Crippen LogP contribution < -0.4 is 5.73 Å². The van der Waals surface area contributed by atoms with Crippen LogP contribution in [0.4, 0.5) is 0 Å². The predicted octanol–water partition coefficient (Wildman–Crippen LogP) is -0.850. The van der Waals surface area contributed by atoms with Crippen molar-refractivity contribution in [2.24, 2.45) is 5.73 Å². The van der Waals surface area contributed by atoms with Gasteiger partial charge in [-0.3, -0.25) is 0 Å². The van der Waals surface area contributed by atoms with E-state index < -0.39 is 0 Å². The Bertz CT molecular complexity index is 155. The molecule has 1 heterocycles. The van der Waals surface area contributed by atoms with Gasteiger partial charge in [-0.1, -0.05) is 0 Å². The van der Waals surface area contributed by atoms with Gasteiger partial charge < -0.3 is 20.3 Å². The Balaban J connectivity index is 2.12. The molecular weight excluding hydrogens is 166 g/mol. The summed E-state index contributed by atoms with van der Waals surface area (Å²) in [7, 11) is 2.13. The minimum Gasteiger partial charge on any atom is -0.322 e. The normalized spacial score (nSPS) is 22.9. The van der Waals surface area contributed by atoms with Crippen molar-refractivity contribution >= 4 is 6.29 Å². The van der Waals surface area contributed by atoms with Gasteiger partial charge in [-0.15, -0.1) is 0 Å². The fourth-order valence-corrected chi connectivity index (χ4v) is 1.47. The van der Waals surface area contributed by atoms with Gasteiger partial charge in [0, 0.05) is 32.7 Å². The van der Waals surface area contributed by atoms with Crippen LogP contribution in [0.15, 0.2) is 0 Å². The number of aldehydes is 1. The van der Waals surface area contributed by atoms with Gasteiger partial charge in [-0.05, 0) is 13.5 Å². The molecule has 1 rings (SSSR count). The molecule has 4 nitrogen and oxygen atoms in total. The minimum atomic E-state index is -0.278. The lowest BCUT2D eigenvalue weighted by Crippen LogP contribution is -2.45. The van der Waals surface area contributed by atoms with Crippen LogP contribution in [0.1, 0.15) is 6.42 Å². The molecule has 1 fully saturated rings. The molecule has 0 bridgehead atoms. The summed E-state index contributed by atoms with van der Waals surface area (Å²) >= 11 is 0. The van der Waals surface area contributed by atoms with Crippen LogP contribution in [-0.4, -0.2) is 61.9 Å². The minimum absolute atomic E-state index is 0.278. The molecule has 0 aliphatic carbocycles. The molecule has 1 aliphatic heterocycles. The average molecular weight is 185 g/mol. The van der Waals surface area contributed by atoms with Crippen LogP contribution in [0.3, 0.4) is 0 Å². The molecular formula is C9H19N3O. The zero-order chi connectivity index (χ0) is 9.68. The number of carbonyl (C=O) groups is 1. The Morgan fingerprint density at radius 3 is 2.54 bits per heavy atom. The molecule has 4 heteroatoms. The third-order valence-corrected chi connectivity index (χ3v) is 2.55. The first-order valence-electron chi connectivity index (χ1n) is 4.84.